The lowest BCUT2D eigenvalue weighted by molar-refractivity contribution is 0.102. The lowest BCUT2D eigenvalue weighted by Gasteiger charge is -2.06. The Morgan fingerprint density at radius 3 is 2.62 bits per heavy atom. The molecule has 3 aromatic carbocycles. The van der Waals surface area contributed by atoms with E-state index in [2.05, 4.69) is 10.3 Å². The Kier molecular flexibility index (Phi) is 5.16. The van der Waals surface area contributed by atoms with Crippen molar-refractivity contribution in [3.05, 3.63) is 72.3 Å². The predicted octanol–water partition coefficient (Wildman–Crippen LogP) is 5.15. The number of carbonyl (C=O) groups excluding carboxylic acids is 1. The largest absolute Gasteiger partial charge is 0.497 e. The number of fused-ring (bicyclic) bond motifs is 1. The molecule has 6 heteroatoms. The molecule has 146 valence electrons. The molecule has 0 aliphatic heterocycles. The fourth-order valence-electron chi connectivity index (χ4n) is 2.96. The van der Waals surface area contributed by atoms with E-state index >= 15 is 0 Å². The number of benzene rings is 3. The molecule has 0 atom stereocenters. The number of oxazole rings is 1. The van der Waals surface area contributed by atoms with Crippen LogP contribution in [0.5, 0.6) is 11.5 Å². The first-order chi connectivity index (χ1) is 14.2. The van der Waals surface area contributed by atoms with Crippen LogP contribution in [-0.2, 0) is 0 Å². The van der Waals surface area contributed by atoms with Gasteiger partial charge in [-0.1, -0.05) is 6.07 Å². The van der Waals surface area contributed by atoms with E-state index in [0.29, 0.717) is 40.6 Å². The Hall–Kier alpha value is -3.80. The molecule has 0 spiro atoms. The zero-order chi connectivity index (χ0) is 20.2. The number of hydrogen-bond donors (Lipinski definition) is 1. The fourth-order valence-corrected chi connectivity index (χ4v) is 2.96. The van der Waals surface area contributed by atoms with Crippen molar-refractivity contribution in [2.75, 3.05) is 19.0 Å². The van der Waals surface area contributed by atoms with E-state index in [1.807, 2.05) is 31.2 Å². The summed E-state index contributed by atoms with van der Waals surface area (Å²) in [5.74, 6) is 1.72. The number of amides is 1. The van der Waals surface area contributed by atoms with Crippen molar-refractivity contribution in [1.29, 1.82) is 0 Å². The summed E-state index contributed by atoms with van der Waals surface area (Å²) >= 11 is 0. The molecule has 4 rings (SSSR count). The molecular weight excluding hydrogens is 368 g/mol. The van der Waals surface area contributed by atoms with Gasteiger partial charge in [0.05, 0.1) is 13.7 Å². The van der Waals surface area contributed by atoms with Gasteiger partial charge in [0.25, 0.3) is 5.91 Å². The van der Waals surface area contributed by atoms with Crippen molar-refractivity contribution in [2.24, 2.45) is 0 Å². The number of hydrogen-bond acceptors (Lipinski definition) is 5. The Bertz CT molecular complexity index is 1150. The maximum atomic E-state index is 12.5. The van der Waals surface area contributed by atoms with Crippen LogP contribution in [0.2, 0.25) is 0 Å². The van der Waals surface area contributed by atoms with Crippen LogP contribution in [0.4, 0.5) is 5.69 Å². The number of anilines is 1. The summed E-state index contributed by atoms with van der Waals surface area (Å²) in [7, 11) is 1.57. The standard InChI is InChI=1S/C23H20N2O4/c1-3-28-18-10-7-15(8-11-18)23-25-20-14-17(9-12-21(20)29-23)24-22(26)16-5-4-6-19(13-16)27-2/h4-14H,3H2,1-2H3,(H,24,26). The molecule has 4 aromatic rings. The van der Waals surface area contributed by atoms with Gasteiger partial charge in [-0.2, -0.15) is 0 Å². The molecule has 0 unspecified atom stereocenters. The number of methoxy groups -OCH3 is 1. The summed E-state index contributed by atoms with van der Waals surface area (Å²) < 4.78 is 16.5. The molecule has 1 amide bonds. The summed E-state index contributed by atoms with van der Waals surface area (Å²) in [5, 5.41) is 2.88. The van der Waals surface area contributed by atoms with Gasteiger partial charge in [-0.05, 0) is 67.6 Å². The molecule has 0 aliphatic rings. The van der Waals surface area contributed by atoms with Crippen LogP contribution in [0.25, 0.3) is 22.6 Å². The number of ether oxygens (including phenoxy) is 2. The molecule has 0 bridgehead atoms. The summed E-state index contributed by atoms with van der Waals surface area (Å²) in [4.78, 5) is 17.1. The molecule has 0 saturated carbocycles. The minimum atomic E-state index is -0.224. The lowest BCUT2D eigenvalue weighted by Crippen LogP contribution is -2.11. The van der Waals surface area contributed by atoms with Crippen LogP contribution in [0.3, 0.4) is 0 Å². The average molecular weight is 388 g/mol. The number of aromatic nitrogens is 1. The second-order valence-electron chi connectivity index (χ2n) is 6.34. The average Bonchev–Trinajstić information content (AvgIpc) is 3.18. The molecular formula is C23H20N2O4. The van der Waals surface area contributed by atoms with E-state index in [1.54, 1.807) is 49.6 Å². The van der Waals surface area contributed by atoms with E-state index in [-0.39, 0.29) is 5.91 Å². The van der Waals surface area contributed by atoms with Crippen LogP contribution in [0.1, 0.15) is 17.3 Å². The van der Waals surface area contributed by atoms with Gasteiger partial charge in [0.15, 0.2) is 5.58 Å². The van der Waals surface area contributed by atoms with Gasteiger partial charge in [-0.15, -0.1) is 0 Å². The van der Waals surface area contributed by atoms with Crippen LogP contribution in [-0.4, -0.2) is 24.6 Å². The molecule has 0 radical (unpaired) electrons. The van der Waals surface area contributed by atoms with Crippen molar-refractivity contribution < 1.29 is 18.7 Å². The number of carbonyl (C=O) groups is 1. The molecule has 0 saturated heterocycles. The van der Waals surface area contributed by atoms with Crippen molar-refractivity contribution in [3.63, 3.8) is 0 Å². The number of rotatable bonds is 6. The Labute approximate surface area is 168 Å². The first-order valence-electron chi connectivity index (χ1n) is 9.25. The number of nitrogens with one attached hydrogen (secondary N) is 1. The van der Waals surface area contributed by atoms with E-state index in [1.165, 1.54) is 0 Å². The normalized spacial score (nSPS) is 10.7. The molecule has 0 fully saturated rings. The van der Waals surface area contributed by atoms with E-state index < -0.39 is 0 Å². The maximum Gasteiger partial charge on any atom is 0.255 e. The van der Waals surface area contributed by atoms with Crippen LogP contribution >= 0.6 is 0 Å². The molecule has 29 heavy (non-hydrogen) atoms. The van der Waals surface area contributed by atoms with Gasteiger partial charge in [0.1, 0.15) is 17.0 Å². The summed E-state index contributed by atoms with van der Waals surface area (Å²) in [6, 6.07) is 19.9. The Balaban J connectivity index is 1.55. The maximum absolute atomic E-state index is 12.5. The Morgan fingerprint density at radius 2 is 1.86 bits per heavy atom. The SMILES string of the molecule is CCOc1ccc(-c2nc3cc(NC(=O)c4cccc(OC)c4)ccc3o2)cc1. The van der Waals surface area contributed by atoms with E-state index in [4.69, 9.17) is 13.9 Å². The van der Waals surface area contributed by atoms with Crippen molar-refractivity contribution in [2.45, 2.75) is 6.92 Å². The van der Waals surface area contributed by atoms with Gasteiger partial charge < -0.3 is 19.2 Å². The highest BCUT2D eigenvalue weighted by Crippen LogP contribution is 2.27. The highest BCUT2D eigenvalue weighted by atomic mass is 16.5. The minimum Gasteiger partial charge on any atom is -0.497 e. The van der Waals surface area contributed by atoms with E-state index in [9.17, 15) is 4.79 Å². The van der Waals surface area contributed by atoms with Crippen molar-refractivity contribution in [1.82, 2.24) is 4.98 Å². The van der Waals surface area contributed by atoms with Crippen LogP contribution < -0.4 is 14.8 Å². The third-order valence-electron chi connectivity index (χ3n) is 4.39. The zero-order valence-corrected chi connectivity index (χ0v) is 16.1. The third-order valence-corrected chi connectivity index (χ3v) is 4.39. The fraction of sp³-hybridized carbons (Fsp3) is 0.130. The molecule has 0 aliphatic carbocycles. The van der Waals surface area contributed by atoms with E-state index in [0.717, 1.165) is 11.3 Å². The highest BCUT2D eigenvalue weighted by molar-refractivity contribution is 6.05. The van der Waals surface area contributed by atoms with Crippen LogP contribution in [0.15, 0.2) is 71.1 Å². The third kappa shape index (κ3) is 4.06. The molecule has 6 nitrogen and oxygen atoms in total. The first-order valence-corrected chi connectivity index (χ1v) is 9.25. The minimum absolute atomic E-state index is 0.224. The van der Waals surface area contributed by atoms with Gasteiger partial charge in [0, 0.05) is 16.8 Å². The van der Waals surface area contributed by atoms with Gasteiger partial charge in [-0.25, -0.2) is 4.98 Å². The predicted molar refractivity (Wildman–Crippen MR) is 112 cm³/mol. The highest BCUT2D eigenvalue weighted by Gasteiger charge is 2.11. The molecule has 1 aromatic heterocycles. The van der Waals surface area contributed by atoms with Gasteiger partial charge >= 0.3 is 0 Å². The first kappa shape index (κ1) is 18.6. The lowest BCUT2D eigenvalue weighted by atomic mass is 10.2. The topological polar surface area (TPSA) is 73.6 Å². The van der Waals surface area contributed by atoms with Crippen molar-refractivity contribution in [3.8, 4) is 23.0 Å². The Morgan fingerprint density at radius 1 is 1.03 bits per heavy atom. The van der Waals surface area contributed by atoms with Gasteiger partial charge in [-0.3, -0.25) is 4.79 Å². The second-order valence-corrected chi connectivity index (χ2v) is 6.34. The summed E-state index contributed by atoms with van der Waals surface area (Å²) in [6.45, 7) is 2.56. The number of nitrogens with zero attached hydrogens (tertiary/aromatic N) is 1. The van der Waals surface area contributed by atoms with Gasteiger partial charge in [0.2, 0.25) is 5.89 Å². The smallest absolute Gasteiger partial charge is 0.255 e. The summed E-state index contributed by atoms with van der Waals surface area (Å²) in [5.41, 5.74) is 3.31. The molecule has 1 N–H and O–H groups in total. The quantitative estimate of drug-likeness (QED) is 0.494. The van der Waals surface area contributed by atoms with Crippen molar-refractivity contribution >= 4 is 22.7 Å². The zero-order valence-electron chi connectivity index (χ0n) is 16.1. The summed E-state index contributed by atoms with van der Waals surface area (Å²) in [6.07, 6.45) is 0. The van der Waals surface area contributed by atoms with Crippen LogP contribution in [0, 0.1) is 0 Å². The molecule has 1 heterocycles. The monoisotopic (exact) mass is 388 g/mol. The second kappa shape index (κ2) is 8.06.